The molecule has 0 bridgehead atoms. The second-order valence-electron chi connectivity index (χ2n) is 15.4. The molecule has 1 aromatic rings. The molecule has 0 heterocycles. The van der Waals surface area contributed by atoms with E-state index in [1.54, 1.807) is 22.3 Å². The maximum absolute atomic E-state index is 2.76. The van der Waals surface area contributed by atoms with Crippen molar-refractivity contribution in [1.82, 2.24) is 0 Å². The van der Waals surface area contributed by atoms with E-state index in [0.29, 0.717) is 34.0 Å². The second kappa shape index (κ2) is 10.8. The Balaban J connectivity index is 1.89. The average molecular weight is 731 g/mol. The van der Waals surface area contributed by atoms with Crippen molar-refractivity contribution in [3.05, 3.63) is 34.4 Å². The molecule has 2 heteroatoms. The number of benzene rings is 1. The predicted octanol–water partition coefficient (Wildman–Crippen LogP) is 11.6. The molecule has 0 nitrogen and oxygen atoms in total. The van der Waals surface area contributed by atoms with Gasteiger partial charge < -0.3 is 0 Å². The highest BCUT2D eigenvalue weighted by Gasteiger charge is 2.51. The Morgan fingerprint density at radius 1 is 0.703 bits per heavy atom. The number of hydrogen-bond donors (Lipinski definition) is 0. The van der Waals surface area contributed by atoms with Gasteiger partial charge in [-0.3, -0.25) is 0 Å². The molecule has 3 aliphatic rings. The molecule has 3 aliphatic carbocycles. The van der Waals surface area contributed by atoms with Gasteiger partial charge >= 0.3 is 0 Å². The minimum atomic E-state index is 0.416. The zero-order valence-electron chi connectivity index (χ0n) is 25.8. The summed E-state index contributed by atoms with van der Waals surface area (Å²) in [6, 6.07) is 5.52. The van der Waals surface area contributed by atoms with Crippen molar-refractivity contribution in [2.75, 3.05) is 8.86 Å². The van der Waals surface area contributed by atoms with Crippen LogP contribution in [0.5, 0.6) is 0 Å². The lowest BCUT2D eigenvalue weighted by Crippen LogP contribution is -2.28. The van der Waals surface area contributed by atoms with Gasteiger partial charge in [0.05, 0.1) is 0 Å². The lowest BCUT2D eigenvalue weighted by atomic mass is 9.69. The zero-order valence-corrected chi connectivity index (χ0v) is 30.2. The molecule has 0 spiro atoms. The van der Waals surface area contributed by atoms with Gasteiger partial charge in [0.2, 0.25) is 0 Å². The van der Waals surface area contributed by atoms with Crippen LogP contribution in [0.25, 0.3) is 0 Å². The normalized spacial score (nSPS) is 43.0. The molecule has 0 amide bonds. The largest absolute Gasteiger partial charge is 0.0860 e. The minimum Gasteiger partial charge on any atom is -0.0860 e. The third-order valence-corrected chi connectivity index (χ3v) is 15.7. The molecule has 3 fully saturated rings. The van der Waals surface area contributed by atoms with Crippen LogP contribution in [0, 0.1) is 58.7 Å². The summed E-state index contributed by atoms with van der Waals surface area (Å²) in [5, 5.41) is 0. The van der Waals surface area contributed by atoms with E-state index in [2.05, 4.69) is 133 Å². The third kappa shape index (κ3) is 4.82. The highest BCUT2D eigenvalue weighted by molar-refractivity contribution is 14.1. The fraction of sp³-hybridized carbons (Fsp3) is 0.829. The van der Waals surface area contributed by atoms with Gasteiger partial charge in [-0.15, -0.1) is 0 Å². The molecule has 210 valence electrons. The minimum absolute atomic E-state index is 0.416. The van der Waals surface area contributed by atoms with Gasteiger partial charge in [0.25, 0.3) is 0 Å². The molecule has 37 heavy (non-hydrogen) atoms. The first kappa shape index (κ1) is 30.6. The van der Waals surface area contributed by atoms with Crippen molar-refractivity contribution in [1.29, 1.82) is 0 Å². The second-order valence-corrected chi connectivity index (χ2v) is 17.1. The zero-order chi connectivity index (χ0) is 27.7. The van der Waals surface area contributed by atoms with E-state index in [1.165, 1.54) is 34.5 Å². The Morgan fingerprint density at radius 3 is 1.59 bits per heavy atom. The van der Waals surface area contributed by atoms with Crippen molar-refractivity contribution in [2.24, 2.45) is 51.8 Å². The Kier molecular flexibility index (Phi) is 8.96. The highest BCUT2D eigenvalue weighted by Crippen LogP contribution is 2.61. The summed E-state index contributed by atoms with van der Waals surface area (Å²) in [5.74, 6) is 6.76. The molecule has 3 saturated carbocycles. The maximum atomic E-state index is 2.76. The van der Waals surface area contributed by atoms with E-state index in [0.717, 1.165) is 35.5 Å². The van der Waals surface area contributed by atoms with Crippen LogP contribution < -0.4 is 0 Å². The van der Waals surface area contributed by atoms with Gasteiger partial charge in [-0.2, -0.15) is 0 Å². The monoisotopic (exact) mass is 730 g/mol. The smallest absolute Gasteiger partial charge is 0.00347 e. The summed E-state index contributed by atoms with van der Waals surface area (Å²) < 4.78 is 2.54. The van der Waals surface area contributed by atoms with E-state index in [1.807, 2.05) is 0 Å². The fourth-order valence-electron chi connectivity index (χ4n) is 9.39. The summed E-state index contributed by atoms with van der Waals surface area (Å²) >= 11 is 5.40. The molecule has 10 unspecified atom stereocenters. The Labute approximate surface area is 258 Å². The SMILES string of the molecule is CCC1(C)C(C)CC(c2cc(C3CC(C)C(C)(C)C3CI)cc(C3CC(C)C(C)(C)C3CI)c2C)C1C. The van der Waals surface area contributed by atoms with Crippen LogP contribution in [0.15, 0.2) is 12.1 Å². The Bertz CT molecular complexity index is 976. The average Bonchev–Trinajstić information content (AvgIpc) is 3.32. The van der Waals surface area contributed by atoms with Crippen LogP contribution in [0.3, 0.4) is 0 Å². The lowest BCUT2D eigenvalue weighted by molar-refractivity contribution is 0.168. The van der Waals surface area contributed by atoms with E-state index in [4.69, 9.17) is 0 Å². The molecular weight excluding hydrogens is 674 g/mol. The fourth-order valence-corrected chi connectivity index (χ4v) is 12.9. The summed E-state index contributed by atoms with van der Waals surface area (Å²) in [7, 11) is 0. The summed E-state index contributed by atoms with van der Waals surface area (Å²) in [5.41, 5.74) is 8.12. The topological polar surface area (TPSA) is 0 Å². The maximum Gasteiger partial charge on any atom is 0.00347 e. The Morgan fingerprint density at radius 2 is 1.14 bits per heavy atom. The molecule has 4 rings (SSSR count). The van der Waals surface area contributed by atoms with E-state index in [9.17, 15) is 0 Å². The molecular formula is C35H56I2. The molecule has 0 N–H and O–H groups in total. The van der Waals surface area contributed by atoms with Gasteiger partial charge in [-0.1, -0.05) is 133 Å². The van der Waals surface area contributed by atoms with E-state index >= 15 is 0 Å². The third-order valence-electron chi connectivity index (χ3n) is 13.8. The van der Waals surface area contributed by atoms with Gasteiger partial charge in [0.1, 0.15) is 0 Å². The number of rotatable bonds is 6. The molecule has 0 aliphatic heterocycles. The predicted molar refractivity (Wildman–Crippen MR) is 181 cm³/mol. The van der Waals surface area contributed by atoms with Gasteiger partial charge in [0, 0.05) is 8.86 Å². The van der Waals surface area contributed by atoms with Crippen molar-refractivity contribution in [3.8, 4) is 0 Å². The van der Waals surface area contributed by atoms with E-state index < -0.39 is 0 Å². The number of alkyl halides is 2. The van der Waals surface area contributed by atoms with Crippen LogP contribution in [-0.2, 0) is 0 Å². The number of halogens is 2. The molecule has 0 aromatic heterocycles. The summed E-state index contributed by atoms with van der Waals surface area (Å²) in [4.78, 5) is 0. The van der Waals surface area contributed by atoms with Crippen LogP contribution in [0.2, 0.25) is 0 Å². The summed E-state index contributed by atoms with van der Waals surface area (Å²) in [6.45, 7) is 27.9. The quantitative estimate of drug-likeness (QED) is 0.202. The van der Waals surface area contributed by atoms with Gasteiger partial charge in [-0.25, -0.2) is 0 Å². The lowest BCUT2D eigenvalue weighted by Gasteiger charge is -2.36. The van der Waals surface area contributed by atoms with Crippen molar-refractivity contribution in [3.63, 3.8) is 0 Å². The first-order chi connectivity index (χ1) is 17.2. The van der Waals surface area contributed by atoms with Crippen molar-refractivity contribution < 1.29 is 0 Å². The molecule has 0 radical (unpaired) electrons. The molecule has 1 aromatic carbocycles. The standard InChI is InChI=1S/C35H56I2/c1-12-35(11)22(4)15-28(24(35)6)26-16-25(29-13-20(2)33(7,8)31(29)18-36)17-27(23(26)5)30-14-21(3)34(9,10)32(30)19-37/h16-17,20-22,24,28-32H,12-15,18-19H2,1-11H3. The van der Waals surface area contributed by atoms with E-state index in [-0.39, 0.29) is 0 Å². The molecule has 0 saturated heterocycles. The van der Waals surface area contributed by atoms with Crippen molar-refractivity contribution in [2.45, 2.75) is 120 Å². The Hall–Kier alpha value is 0.680. The van der Waals surface area contributed by atoms with Gasteiger partial charge in [-0.05, 0) is 118 Å². The van der Waals surface area contributed by atoms with Crippen LogP contribution in [0.1, 0.15) is 135 Å². The number of hydrogen-bond acceptors (Lipinski definition) is 0. The first-order valence-electron chi connectivity index (χ1n) is 15.4. The van der Waals surface area contributed by atoms with Crippen LogP contribution in [0.4, 0.5) is 0 Å². The van der Waals surface area contributed by atoms with Crippen LogP contribution >= 0.6 is 45.2 Å². The molecule has 10 atom stereocenters. The van der Waals surface area contributed by atoms with Crippen molar-refractivity contribution >= 4 is 45.2 Å². The van der Waals surface area contributed by atoms with Crippen LogP contribution in [-0.4, -0.2) is 8.86 Å². The highest BCUT2D eigenvalue weighted by atomic mass is 127. The first-order valence-corrected chi connectivity index (χ1v) is 18.5. The van der Waals surface area contributed by atoms with Gasteiger partial charge in [0.15, 0.2) is 0 Å². The summed E-state index contributed by atoms with van der Waals surface area (Å²) in [6.07, 6.45) is 5.37.